The Morgan fingerprint density at radius 3 is 2.41 bits per heavy atom. The number of unbranched alkanes of at least 4 members (excludes halogenated alkanes) is 1. The fourth-order valence-electron chi connectivity index (χ4n) is 3.89. The van der Waals surface area contributed by atoms with Gasteiger partial charge in [0.2, 0.25) is 5.91 Å². The number of rotatable bonds is 7. The van der Waals surface area contributed by atoms with Crippen LogP contribution in [-0.4, -0.2) is 22.4 Å². The number of para-hydroxylation sites is 1. The van der Waals surface area contributed by atoms with Gasteiger partial charge in [0, 0.05) is 36.4 Å². The predicted molar refractivity (Wildman–Crippen MR) is 128 cm³/mol. The molecular weight excluding hydrogens is 398 g/mol. The maximum Gasteiger partial charge on any atom is 0.260 e. The third-order valence-corrected chi connectivity index (χ3v) is 5.81. The lowest BCUT2D eigenvalue weighted by molar-refractivity contribution is -0.128. The second-order valence-corrected chi connectivity index (χ2v) is 8.09. The van der Waals surface area contributed by atoms with Crippen LogP contribution in [0.25, 0.3) is 16.8 Å². The van der Waals surface area contributed by atoms with Gasteiger partial charge in [-0.3, -0.25) is 14.2 Å². The molecule has 0 N–H and O–H groups in total. The normalized spacial score (nSPS) is 10.6. The summed E-state index contributed by atoms with van der Waals surface area (Å²) in [5, 5.41) is 9.64. The molecule has 1 amide bonds. The summed E-state index contributed by atoms with van der Waals surface area (Å²) in [4.78, 5) is 27.2. The highest BCUT2D eigenvalue weighted by Gasteiger charge is 2.19. The molecule has 0 spiro atoms. The lowest BCUT2D eigenvalue weighted by Crippen LogP contribution is -2.32. The highest BCUT2D eigenvalue weighted by molar-refractivity contribution is 5.78. The number of benzene rings is 2. The van der Waals surface area contributed by atoms with Crippen LogP contribution in [0, 0.1) is 18.3 Å². The molecule has 32 heavy (non-hydrogen) atoms. The number of carbonyl (C=O) groups is 1. The highest BCUT2D eigenvalue weighted by atomic mass is 16.2. The van der Waals surface area contributed by atoms with Crippen LogP contribution in [-0.2, 0) is 17.8 Å². The van der Waals surface area contributed by atoms with E-state index in [0.717, 1.165) is 47.3 Å². The molecule has 1 heterocycles. The third-order valence-electron chi connectivity index (χ3n) is 5.81. The number of hydrogen-bond donors (Lipinski definition) is 0. The van der Waals surface area contributed by atoms with Gasteiger partial charge in [-0.05, 0) is 43.5 Å². The van der Waals surface area contributed by atoms with Crippen LogP contribution in [0.4, 0.5) is 0 Å². The minimum Gasteiger partial charge on any atom is -0.341 e. The highest BCUT2D eigenvalue weighted by Crippen LogP contribution is 2.30. The largest absolute Gasteiger partial charge is 0.341 e. The van der Waals surface area contributed by atoms with Crippen molar-refractivity contribution in [3.63, 3.8) is 0 Å². The first kappa shape index (κ1) is 23.0. The molecule has 0 radical (unpaired) electrons. The molecule has 0 aliphatic carbocycles. The zero-order chi connectivity index (χ0) is 23.3. The van der Waals surface area contributed by atoms with Gasteiger partial charge in [0.15, 0.2) is 0 Å². The standard InChI is InChI=1S/C27H29N3O2/c1-5-6-12-22-16-19(2)25(18-29(4)20(3)31)27(32)30(22)26-15-10-9-14-24(26)23-13-8-7-11-21(23)17-28/h7-11,13-16H,5-6,12,18H2,1-4H3. The van der Waals surface area contributed by atoms with E-state index in [9.17, 15) is 14.9 Å². The average molecular weight is 428 g/mol. The number of aromatic nitrogens is 1. The Bertz CT molecular complexity index is 1230. The van der Waals surface area contributed by atoms with Crippen LogP contribution < -0.4 is 5.56 Å². The number of nitriles is 1. The van der Waals surface area contributed by atoms with Gasteiger partial charge in [0.1, 0.15) is 0 Å². The van der Waals surface area contributed by atoms with Crippen LogP contribution in [0.15, 0.2) is 59.4 Å². The van der Waals surface area contributed by atoms with Crippen molar-refractivity contribution >= 4 is 5.91 Å². The minimum atomic E-state index is -0.119. The molecule has 0 fully saturated rings. The second kappa shape index (κ2) is 10.1. The van der Waals surface area contributed by atoms with Crippen molar-refractivity contribution in [3.05, 3.63) is 87.3 Å². The van der Waals surface area contributed by atoms with Gasteiger partial charge in [-0.25, -0.2) is 0 Å². The Balaban J connectivity index is 2.31. The van der Waals surface area contributed by atoms with E-state index in [2.05, 4.69) is 19.1 Å². The van der Waals surface area contributed by atoms with Crippen molar-refractivity contribution in [3.8, 4) is 22.9 Å². The van der Waals surface area contributed by atoms with Crippen LogP contribution >= 0.6 is 0 Å². The van der Waals surface area contributed by atoms with E-state index in [1.807, 2.05) is 49.4 Å². The summed E-state index contributed by atoms with van der Waals surface area (Å²) in [6, 6.07) is 19.5. The summed E-state index contributed by atoms with van der Waals surface area (Å²) in [5.41, 5.74) is 5.24. The van der Waals surface area contributed by atoms with E-state index in [-0.39, 0.29) is 18.0 Å². The Hall–Kier alpha value is -3.65. The summed E-state index contributed by atoms with van der Waals surface area (Å²) in [7, 11) is 1.70. The summed E-state index contributed by atoms with van der Waals surface area (Å²) in [6.07, 6.45) is 2.74. The zero-order valence-corrected chi connectivity index (χ0v) is 19.2. The molecule has 5 nitrogen and oxygen atoms in total. The van der Waals surface area contributed by atoms with Gasteiger partial charge in [0.25, 0.3) is 5.56 Å². The van der Waals surface area contributed by atoms with Crippen molar-refractivity contribution in [2.45, 2.75) is 46.6 Å². The monoisotopic (exact) mass is 427 g/mol. The van der Waals surface area contributed by atoms with Gasteiger partial charge < -0.3 is 4.90 Å². The molecule has 1 aromatic heterocycles. The van der Waals surface area contributed by atoms with Crippen molar-refractivity contribution in [1.82, 2.24) is 9.47 Å². The smallest absolute Gasteiger partial charge is 0.260 e. The summed E-state index contributed by atoms with van der Waals surface area (Å²) in [5.74, 6) is -0.0891. The lowest BCUT2D eigenvalue weighted by atomic mass is 9.97. The van der Waals surface area contributed by atoms with Crippen LogP contribution in [0.5, 0.6) is 0 Å². The molecular formula is C27H29N3O2. The Labute approximate surface area is 189 Å². The Morgan fingerprint density at radius 2 is 1.75 bits per heavy atom. The van der Waals surface area contributed by atoms with E-state index in [4.69, 9.17) is 0 Å². The first-order valence-electron chi connectivity index (χ1n) is 10.9. The van der Waals surface area contributed by atoms with Crippen molar-refractivity contribution in [2.75, 3.05) is 7.05 Å². The van der Waals surface area contributed by atoms with Crippen LogP contribution in [0.1, 0.15) is 49.1 Å². The molecule has 3 rings (SSSR count). The molecule has 5 heteroatoms. The van der Waals surface area contributed by atoms with E-state index in [1.165, 1.54) is 6.92 Å². The van der Waals surface area contributed by atoms with Crippen LogP contribution in [0.3, 0.4) is 0 Å². The molecule has 2 aromatic carbocycles. The topological polar surface area (TPSA) is 66.1 Å². The molecule has 0 bridgehead atoms. The quantitative estimate of drug-likeness (QED) is 0.533. The lowest BCUT2D eigenvalue weighted by Gasteiger charge is -2.22. The maximum absolute atomic E-state index is 13.8. The molecule has 164 valence electrons. The summed E-state index contributed by atoms with van der Waals surface area (Å²) >= 11 is 0. The van der Waals surface area contributed by atoms with E-state index in [1.54, 1.807) is 22.6 Å². The first-order chi connectivity index (χ1) is 15.4. The number of carbonyl (C=O) groups excluding carboxylic acids is 1. The van der Waals surface area contributed by atoms with E-state index < -0.39 is 0 Å². The average Bonchev–Trinajstić information content (AvgIpc) is 2.80. The predicted octanol–water partition coefficient (Wildman–Crippen LogP) is 5.01. The van der Waals surface area contributed by atoms with E-state index >= 15 is 0 Å². The Kier molecular flexibility index (Phi) is 7.27. The third kappa shape index (κ3) is 4.65. The molecule has 0 unspecified atom stereocenters. The van der Waals surface area contributed by atoms with Crippen molar-refractivity contribution < 1.29 is 4.79 Å². The Morgan fingerprint density at radius 1 is 1.09 bits per heavy atom. The van der Waals surface area contributed by atoms with Gasteiger partial charge in [-0.2, -0.15) is 5.26 Å². The molecule has 0 aliphatic heterocycles. The molecule has 0 aliphatic rings. The fourth-order valence-corrected chi connectivity index (χ4v) is 3.89. The number of aryl methyl sites for hydroxylation is 2. The second-order valence-electron chi connectivity index (χ2n) is 8.09. The van der Waals surface area contributed by atoms with Gasteiger partial charge >= 0.3 is 0 Å². The van der Waals surface area contributed by atoms with Gasteiger partial charge in [-0.15, -0.1) is 0 Å². The molecule has 0 atom stereocenters. The number of pyridine rings is 1. The van der Waals surface area contributed by atoms with Gasteiger partial charge in [0.05, 0.1) is 23.9 Å². The number of nitrogens with zero attached hydrogens (tertiary/aromatic N) is 3. The molecule has 0 saturated carbocycles. The SMILES string of the molecule is CCCCc1cc(C)c(CN(C)C(C)=O)c(=O)n1-c1ccccc1-c1ccccc1C#N. The number of hydrogen-bond acceptors (Lipinski definition) is 3. The molecule has 3 aromatic rings. The maximum atomic E-state index is 13.8. The van der Waals surface area contributed by atoms with Gasteiger partial charge in [-0.1, -0.05) is 49.7 Å². The number of amides is 1. The van der Waals surface area contributed by atoms with Crippen molar-refractivity contribution in [2.24, 2.45) is 0 Å². The summed E-state index contributed by atoms with van der Waals surface area (Å²) in [6.45, 7) is 5.81. The summed E-state index contributed by atoms with van der Waals surface area (Å²) < 4.78 is 1.77. The minimum absolute atomic E-state index is 0.0891. The zero-order valence-electron chi connectivity index (χ0n) is 19.2. The van der Waals surface area contributed by atoms with E-state index in [0.29, 0.717) is 11.1 Å². The first-order valence-corrected chi connectivity index (χ1v) is 10.9. The van der Waals surface area contributed by atoms with Crippen LogP contribution in [0.2, 0.25) is 0 Å². The molecule has 0 saturated heterocycles. The van der Waals surface area contributed by atoms with Crippen molar-refractivity contribution in [1.29, 1.82) is 5.26 Å². The fraction of sp³-hybridized carbons (Fsp3) is 0.296.